The predicted octanol–water partition coefficient (Wildman–Crippen LogP) is 3.75. The molecule has 0 amide bonds. The number of ether oxygens (including phenoxy) is 2. The summed E-state index contributed by atoms with van der Waals surface area (Å²) in [5.41, 5.74) is 2.26. The fourth-order valence-corrected chi connectivity index (χ4v) is 2.97. The molecule has 2 aromatic carbocycles. The molecule has 142 valence electrons. The lowest BCUT2D eigenvalue weighted by atomic mass is 10.1. The molecular weight excluding hydrogens is 358 g/mol. The van der Waals surface area contributed by atoms with Crippen molar-refractivity contribution in [1.82, 2.24) is 9.97 Å². The second-order valence-corrected chi connectivity index (χ2v) is 6.38. The van der Waals surface area contributed by atoms with Crippen LogP contribution in [0.25, 0.3) is 11.3 Å². The molecule has 1 aliphatic heterocycles. The molecule has 2 heterocycles. The lowest BCUT2D eigenvalue weighted by molar-refractivity contribution is 0.0687. The Morgan fingerprint density at radius 3 is 2.79 bits per heavy atom. The average molecular weight is 377 g/mol. The molecule has 7 heteroatoms. The van der Waals surface area contributed by atoms with E-state index >= 15 is 0 Å². The van der Waals surface area contributed by atoms with Gasteiger partial charge in [0.1, 0.15) is 17.4 Å². The lowest BCUT2D eigenvalue weighted by Crippen LogP contribution is -2.17. The Hall–Kier alpha value is -3.45. The molecule has 2 N–H and O–H groups in total. The standard InChI is InChI=1S/C21H19N3O4/c25-20(26)17-12-14(6-7-19(17)28-16-9-11-27-13-16)18-8-10-22-21(24-18)23-15-4-2-1-3-5-15/h1-8,10,12,16H,9,11,13H2,(H,25,26)(H,22,23,24)/t16-/m1/s1. The van der Waals surface area contributed by atoms with Crippen LogP contribution >= 0.6 is 0 Å². The Balaban J connectivity index is 1.60. The number of para-hydroxylation sites is 1. The quantitative estimate of drug-likeness (QED) is 0.676. The Kier molecular flexibility index (Phi) is 5.16. The number of benzene rings is 2. The van der Waals surface area contributed by atoms with Crippen LogP contribution in [-0.4, -0.2) is 40.4 Å². The van der Waals surface area contributed by atoms with Gasteiger partial charge >= 0.3 is 5.97 Å². The van der Waals surface area contributed by atoms with E-state index in [2.05, 4.69) is 15.3 Å². The molecule has 0 bridgehead atoms. The van der Waals surface area contributed by atoms with Gasteiger partial charge < -0.3 is 19.9 Å². The summed E-state index contributed by atoms with van der Waals surface area (Å²) in [7, 11) is 0. The number of carboxylic acid groups (broad SMARTS) is 1. The van der Waals surface area contributed by atoms with Crippen molar-refractivity contribution in [2.45, 2.75) is 12.5 Å². The van der Waals surface area contributed by atoms with E-state index < -0.39 is 5.97 Å². The van der Waals surface area contributed by atoms with Crippen molar-refractivity contribution in [2.75, 3.05) is 18.5 Å². The Bertz CT molecular complexity index is 972. The lowest BCUT2D eigenvalue weighted by Gasteiger charge is -2.15. The van der Waals surface area contributed by atoms with Gasteiger partial charge in [-0.15, -0.1) is 0 Å². The molecule has 0 radical (unpaired) electrons. The van der Waals surface area contributed by atoms with E-state index in [0.29, 0.717) is 36.2 Å². The molecule has 0 spiro atoms. The van der Waals surface area contributed by atoms with E-state index in [1.54, 1.807) is 30.5 Å². The van der Waals surface area contributed by atoms with Crippen LogP contribution in [0.2, 0.25) is 0 Å². The topological polar surface area (TPSA) is 93.6 Å². The van der Waals surface area contributed by atoms with Crippen molar-refractivity contribution in [3.05, 3.63) is 66.4 Å². The molecule has 1 aromatic heterocycles. The highest BCUT2D eigenvalue weighted by atomic mass is 16.5. The molecule has 1 atom stereocenters. The highest BCUT2D eigenvalue weighted by Gasteiger charge is 2.21. The minimum absolute atomic E-state index is 0.0978. The largest absolute Gasteiger partial charge is 0.487 e. The molecule has 7 nitrogen and oxygen atoms in total. The smallest absolute Gasteiger partial charge is 0.339 e. The van der Waals surface area contributed by atoms with Crippen molar-refractivity contribution < 1.29 is 19.4 Å². The first-order valence-electron chi connectivity index (χ1n) is 8.96. The predicted molar refractivity (Wildman–Crippen MR) is 104 cm³/mol. The average Bonchev–Trinajstić information content (AvgIpc) is 3.22. The SMILES string of the molecule is O=C(O)c1cc(-c2ccnc(Nc3ccccc3)n2)ccc1O[C@@H]1CCOC1. The van der Waals surface area contributed by atoms with E-state index in [1.807, 2.05) is 30.3 Å². The van der Waals surface area contributed by atoms with Crippen LogP contribution in [-0.2, 0) is 4.74 Å². The number of hydrogen-bond acceptors (Lipinski definition) is 6. The van der Waals surface area contributed by atoms with Gasteiger partial charge in [-0.1, -0.05) is 18.2 Å². The molecule has 1 fully saturated rings. The number of carboxylic acids is 1. The first-order valence-corrected chi connectivity index (χ1v) is 8.96. The third kappa shape index (κ3) is 4.10. The molecule has 28 heavy (non-hydrogen) atoms. The summed E-state index contributed by atoms with van der Waals surface area (Å²) in [6, 6.07) is 16.4. The summed E-state index contributed by atoms with van der Waals surface area (Å²) in [6.07, 6.45) is 2.26. The van der Waals surface area contributed by atoms with Gasteiger partial charge in [0.2, 0.25) is 5.95 Å². The molecular formula is C21H19N3O4. The summed E-state index contributed by atoms with van der Waals surface area (Å²) < 4.78 is 11.1. The van der Waals surface area contributed by atoms with E-state index in [1.165, 1.54) is 0 Å². The zero-order valence-electron chi connectivity index (χ0n) is 15.0. The van der Waals surface area contributed by atoms with Crippen LogP contribution in [0.5, 0.6) is 5.75 Å². The molecule has 1 saturated heterocycles. The zero-order valence-corrected chi connectivity index (χ0v) is 15.0. The van der Waals surface area contributed by atoms with Crippen LogP contribution in [0.1, 0.15) is 16.8 Å². The maximum atomic E-state index is 11.7. The third-order valence-electron chi connectivity index (χ3n) is 4.37. The Morgan fingerprint density at radius 2 is 2.04 bits per heavy atom. The normalized spacial score (nSPS) is 15.9. The van der Waals surface area contributed by atoms with E-state index in [9.17, 15) is 9.90 Å². The minimum atomic E-state index is -1.05. The highest BCUT2D eigenvalue weighted by Crippen LogP contribution is 2.28. The number of nitrogens with zero attached hydrogens (tertiary/aromatic N) is 2. The number of aromatic nitrogens is 2. The number of anilines is 2. The van der Waals surface area contributed by atoms with Gasteiger partial charge in [-0.25, -0.2) is 14.8 Å². The number of carbonyl (C=O) groups is 1. The van der Waals surface area contributed by atoms with Gasteiger partial charge in [0.25, 0.3) is 0 Å². The van der Waals surface area contributed by atoms with E-state index in [0.717, 1.165) is 12.1 Å². The minimum Gasteiger partial charge on any atom is -0.487 e. The van der Waals surface area contributed by atoms with Crippen LogP contribution in [0.3, 0.4) is 0 Å². The van der Waals surface area contributed by atoms with Crippen LogP contribution in [0.15, 0.2) is 60.8 Å². The number of nitrogens with one attached hydrogen (secondary N) is 1. The summed E-state index contributed by atoms with van der Waals surface area (Å²) in [4.78, 5) is 20.5. The van der Waals surface area contributed by atoms with Crippen LogP contribution in [0, 0.1) is 0 Å². The first kappa shape index (κ1) is 17.9. The van der Waals surface area contributed by atoms with E-state index in [-0.39, 0.29) is 11.7 Å². The summed E-state index contributed by atoms with van der Waals surface area (Å²) in [6.45, 7) is 1.10. The van der Waals surface area contributed by atoms with Crippen LogP contribution in [0.4, 0.5) is 11.6 Å². The number of aromatic carboxylic acids is 1. The summed E-state index contributed by atoms with van der Waals surface area (Å²) in [5, 5.41) is 12.7. The molecule has 1 aliphatic rings. The maximum Gasteiger partial charge on any atom is 0.339 e. The van der Waals surface area contributed by atoms with Crippen molar-refractivity contribution in [2.24, 2.45) is 0 Å². The number of rotatable bonds is 6. The molecule has 0 aliphatic carbocycles. The van der Waals surface area contributed by atoms with Gasteiger partial charge in [0, 0.05) is 23.9 Å². The van der Waals surface area contributed by atoms with Crippen molar-refractivity contribution in [3.8, 4) is 17.0 Å². The van der Waals surface area contributed by atoms with Gasteiger partial charge in [-0.3, -0.25) is 0 Å². The molecule has 0 saturated carbocycles. The summed E-state index contributed by atoms with van der Waals surface area (Å²) in [5.74, 6) is -0.278. The van der Waals surface area contributed by atoms with Crippen molar-refractivity contribution in [3.63, 3.8) is 0 Å². The monoisotopic (exact) mass is 377 g/mol. The molecule has 3 aromatic rings. The second kappa shape index (κ2) is 8.06. The fraction of sp³-hybridized carbons (Fsp3) is 0.190. The number of hydrogen-bond donors (Lipinski definition) is 2. The first-order chi connectivity index (χ1) is 13.7. The highest BCUT2D eigenvalue weighted by molar-refractivity contribution is 5.92. The molecule has 0 unspecified atom stereocenters. The third-order valence-corrected chi connectivity index (χ3v) is 4.37. The van der Waals surface area contributed by atoms with Crippen molar-refractivity contribution >= 4 is 17.6 Å². The van der Waals surface area contributed by atoms with Gasteiger partial charge in [-0.2, -0.15) is 0 Å². The van der Waals surface area contributed by atoms with Gasteiger partial charge in [-0.05, 0) is 36.4 Å². The molecule has 4 rings (SSSR count). The Labute approximate surface area is 162 Å². The zero-order chi connectivity index (χ0) is 19.3. The Morgan fingerprint density at radius 1 is 1.18 bits per heavy atom. The van der Waals surface area contributed by atoms with Crippen molar-refractivity contribution in [1.29, 1.82) is 0 Å². The van der Waals surface area contributed by atoms with Gasteiger partial charge in [0.05, 0.1) is 18.9 Å². The van der Waals surface area contributed by atoms with E-state index in [4.69, 9.17) is 9.47 Å². The maximum absolute atomic E-state index is 11.7. The van der Waals surface area contributed by atoms with Crippen LogP contribution < -0.4 is 10.1 Å². The summed E-state index contributed by atoms with van der Waals surface area (Å²) >= 11 is 0. The fourth-order valence-electron chi connectivity index (χ4n) is 2.97. The second-order valence-electron chi connectivity index (χ2n) is 6.38. The van der Waals surface area contributed by atoms with Gasteiger partial charge in [0.15, 0.2) is 0 Å².